The molecule has 6 rings (SSSR count). The van der Waals surface area contributed by atoms with Gasteiger partial charge in [0.1, 0.15) is 17.6 Å². The number of furan rings is 1. The van der Waals surface area contributed by atoms with Gasteiger partial charge in [0, 0.05) is 23.1 Å². The van der Waals surface area contributed by atoms with E-state index in [9.17, 15) is 4.79 Å². The third-order valence-corrected chi connectivity index (χ3v) is 6.75. The van der Waals surface area contributed by atoms with Crippen molar-refractivity contribution in [1.82, 2.24) is 4.98 Å². The number of ether oxygens (including phenoxy) is 1. The molecule has 2 aliphatic rings. The number of carbonyl (C=O) groups is 1. The van der Waals surface area contributed by atoms with Gasteiger partial charge in [-0.2, -0.15) is 5.10 Å². The highest BCUT2D eigenvalue weighted by Gasteiger charge is 2.33. The van der Waals surface area contributed by atoms with Crippen molar-refractivity contribution < 1.29 is 13.9 Å². The second kappa shape index (κ2) is 7.90. The molecule has 2 aromatic heterocycles. The molecule has 1 atom stereocenters. The van der Waals surface area contributed by atoms with Crippen molar-refractivity contribution in [3.8, 4) is 17.0 Å². The number of rotatable bonds is 5. The van der Waals surface area contributed by atoms with Gasteiger partial charge in [0.25, 0.3) is 0 Å². The molecule has 164 valence electrons. The van der Waals surface area contributed by atoms with Crippen LogP contribution in [0.3, 0.4) is 0 Å². The molecule has 2 aliphatic heterocycles. The van der Waals surface area contributed by atoms with Crippen LogP contribution in [-0.2, 0) is 11.2 Å². The van der Waals surface area contributed by atoms with Gasteiger partial charge in [-0.15, -0.1) is 11.3 Å². The molecule has 0 fully saturated rings. The first-order valence-electron chi connectivity index (χ1n) is 10.6. The normalized spacial score (nSPS) is 17.1. The molecule has 4 heterocycles. The minimum atomic E-state index is -0.0713. The van der Waals surface area contributed by atoms with Gasteiger partial charge in [0.15, 0.2) is 0 Å². The van der Waals surface area contributed by atoms with Crippen LogP contribution < -0.4 is 15.1 Å². The topological polar surface area (TPSA) is 80.0 Å². The molecular weight excluding hydrogens is 436 g/mol. The predicted octanol–water partition coefficient (Wildman–Crippen LogP) is 5.26. The Labute approximate surface area is 194 Å². The number of methoxy groups -OCH3 is 1. The number of amides is 1. The molecule has 1 amide bonds. The molecule has 4 aromatic rings. The van der Waals surface area contributed by atoms with Crippen molar-refractivity contribution in [2.75, 3.05) is 17.4 Å². The van der Waals surface area contributed by atoms with Crippen LogP contribution in [0, 0.1) is 0 Å². The second-order valence-electron chi connectivity index (χ2n) is 7.97. The molecular formula is C25H20N4O3S. The van der Waals surface area contributed by atoms with Gasteiger partial charge >= 0.3 is 0 Å². The maximum Gasteiger partial charge on any atom is 0.228 e. The molecule has 0 aliphatic carbocycles. The lowest BCUT2D eigenvalue weighted by atomic mass is 10.0. The van der Waals surface area contributed by atoms with E-state index in [1.807, 2.05) is 65.0 Å². The maximum absolute atomic E-state index is 11.7. The van der Waals surface area contributed by atoms with Gasteiger partial charge in [-0.05, 0) is 59.7 Å². The van der Waals surface area contributed by atoms with Crippen molar-refractivity contribution in [2.45, 2.75) is 18.9 Å². The summed E-state index contributed by atoms with van der Waals surface area (Å²) >= 11 is 1.54. The molecule has 0 saturated carbocycles. The molecule has 1 N–H and O–H groups in total. The largest absolute Gasteiger partial charge is 0.497 e. The molecule has 0 bridgehead atoms. The number of nitrogens with zero attached hydrogens (tertiary/aromatic N) is 3. The van der Waals surface area contributed by atoms with Crippen molar-refractivity contribution >= 4 is 33.8 Å². The molecule has 7 nitrogen and oxygen atoms in total. The quantitative estimate of drug-likeness (QED) is 0.443. The fraction of sp³-hybridized carbons (Fsp3) is 0.160. The van der Waals surface area contributed by atoms with Crippen LogP contribution in [0.1, 0.15) is 29.3 Å². The number of benzene rings is 2. The number of thiazole rings is 1. The Bertz CT molecular complexity index is 1360. The lowest BCUT2D eigenvalue weighted by Gasteiger charge is -2.18. The van der Waals surface area contributed by atoms with Crippen LogP contribution in [0.4, 0.5) is 10.8 Å². The smallest absolute Gasteiger partial charge is 0.228 e. The fourth-order valence-electron chi connectivity index (χ4n) is 4.24. The Kier molecular flexibility index (Phi) is 4.73. The van der Waals surface area contributed by atoms with E-state index in [-0.39, 0.29) is 11.9 Å². The van der Waals surface area contributed by atoms with Crippen LogP contribution in [-0.4, -0.2) is 23.7 Å². The third kappa shape index (κ3) is 3.58. The number of aromatic nitrogens is 1. The summed E-state index contributed by atoms with van der Waals surface area (Å²) in [5, 5.41) is 12.6. The van der Waals surface area contributed by atoms with Crippen molar-refractivity contribution in [3.05, 3.63) is 83.1 Å². The van der Waals surface area contributed by atoms with E-state index in [1.165, 1.54) is 0 Å². The van der Waals surface area contributed by atoms with E-state index in [2.05, 4.69) is 5.32 Å². The number of nitrogens with one attached hydrogen (secondary N) is 1. The first kappa shape index (κ1) is 19.8. The first-order chi connectivity index (χ1) is 16.2. The first-order valence-corrected chi connectivity index (χ1v) is 11.5. The number of carbonyl (C=O) groups excluding carboxylic acids is 1. The van der Waals surface area contributed by atoms with Crippen LogP contribution in [0.5, 0.6) is 5.75 Å². The Morgan fingerprint density at radius 3 is 2.79 bits per heavy atom. The predicted molar refractivity (Wildman–Crippen MR) is 128 cm³/mol. The summed E-state index contributed by atoms with van der Waals surface area (Å²) in [4.78, 5) is 16.6. The molecule has 8 heteroatoms. The summed E-state index contributed by atoms with van der Waals surface area (Å²) in [7, 11) is 1.66. The van der Waals surface area contributed by atoms with Crippen LogP contribution in [0.25, 0.3) is 11.3 Å². The molecule has 2 aromatic carbocycles. The molecule has 0 radical (unpaired) electrons. The molecule has 33 heavy (non-hydrogen) atoms. The standard InChI is InChI=1S/C25H20N4O3S/c1-31-18-7-4-15(5-8-18)20-13-22(23-3-2-10-32-23)29(28-20)25-27-21(14-33-25)16-6-9-19-17(11-16)12-24(30)26-19/h2-11,14,22H,12-13H2,1H3,(H,26,30). The Hall–Kier alpha value is -3.91. The summed E-state index contributed by atoms with van der Waals surface area (Å²) in [6.07, 6.45) is 2.80. The molecule has 0 spiro atoms. The number of hydrogen-bond donors (Lipinski definition) is 1. The van der Waals surface area contributed by atoms with Crippen molar-refractivity contribution in [2.24, 2.45) is 5.10 Å². The van der Waals surface area contributed by atoms with Gasteiger partial charge < -0.3 is 14.5 Å². The maximum atomic E-state index is 11.7. The molecule has 0 saturated heterocycles. The van der Waals surface area contributed by atoms with Crippen molar-refractivity contribution in [3.63, 3.8) is 0 Å². The van der Waals surface area contributed by atoms with E-state index in [0.717, 1.165) is 50.4 Å². The number of hydrogen-bond acceptors (Lipinski definition) is 7. The average Bonchev–Trinajstić information content (AvgIpc) is 3.63. The van der Waals surface area contributed by atoms with E-state index in [4.69, 9.17) is 19.2 Å². The van der Waals surface area contributed by atoms with Gasteiger partial charge in [-0.3, -0.25) is 4.79 Å². The summed E-state index contributed by atoms with van der Waals surface area (Å²) < 4.78 is 11.0. The Balaban J connectivity index is 1.34. The average molecular weight is 457 g/mol. The van der Waals surface area contributed by atoms with E-state index in [1.54, 1.807) is 24.7 Å². The lowest BCUT2D eigenvalue weighted by Crippen LogP contribution is -2.17. The van der Waals surface area contributed by atoms with Gasteiger partial charge in [-0.1, -0.05) is 6.07 Å². The van der Waals surface area contributed by atoms with Crippen molar-refractivity contribution in [1.29, 1.82) is 0 Å². The Morgan fingerprint density at radius 2 is 2.00 bits per heavy atom. The number of fused-ring (bicyclic) bond motifs is 1. The highest BCUT2D eigenvalue weighted by Crippen LogP contribution is 2.40. The van der Waals surface area contributed by atoms with Crippen LogP contribution >= 0.6 is 11.3 Å². The minimum absolute atomic E-state index is 0.0277. The van der Waals surface area contributed by atoms with E-state index in [0.29, 0.717) is 12.8 Å². The SMILES string of the molecule is COc1ccc(C2=NN(c3nc(-c4ccc5c(c4)CC(=O)N5)cs3)C(c3ccco3)C2)cc1. The van der Waals surface area contributed by atoms with Crippen LogP contribution in [0.15, 0.2) is 75.8 Å². The monoisotopic (exact) mass is 456 g/mol. The summed E-state index contributed by atoms with van der Waals surface area (Å²) in [6.45, 7) is 0. The van der Waals surface area contributed by atoms with Gasteiger partial charge in [0.05, 0.1) is 31.2 Å². The number of anilines is 2. The van der Waals surface area contributed by atoms with Gasteiger partial charge in [0.2, 0.25) is 11.0 Å². The lowest BCUT2D eigenvalue weighted by molar-refractivity contribution is -0.115. The summed E-state index contributed by atoms with van der Waals surface area (Å²) in [5.41, 5.74) is 5.75. The summed E-state index contributed by atoms with van der Waals surface area (Å²) in [6, 6.07) is 17.7. The number of hydrazone groups is 1. The highest BCUT2D eigenvalue weighted by atomic mass is 32.1. The zero-order chi connectivity index (χ0) is 22.4. The highest BCUT2D eigenvalue weighted by molar-refractivity contribution is 7.14. The summed E-state index contributed by atoms with van der Waals surface area (Å²) in [5.74, 6) is 1.69. The second-order valence-corrected chi connectivity index (χ2v) is 8.80. The third-order valence-electron chi connectivity index (χ3n) is 5.92. The zero-order valence-corrected chi connectivity index (χ0v) is 18.6. The zero-order valence-electron chi connectivity index (χ0n) is 17.8. The fourth-order valence-corrected chi connectivity index (χ4v) is 5.07. The van der Waals surface area contributed by atoms with E-state index < -0.39 is 0 Å². The van der Waals surface area contributed by atoms with Gasteiger partial charge in [-0.25, -0.2) is 9.99 Å². The van der Waals surface area contributed by atoms with Crippen LogP contribution in [0.2, 0.25) is 0 Å². The molecule has 1 unspecified atom stereocenters. The van der Waals surface area contributed by atoms with E-state index >= 15 is 0 Å². The minimum Gasteiger partial charge on any atom is -0.497 e. The Morgan fingerprint density at radius 1 is 1.15 bits per heavy atom.